The summed E-state index contributed by atoms with van der Waals surface area (Å²) in [6.07, 6.45) is -5.33. The molecule has 0 N–H and O–H groups in total. The van der Waals surface area contributed by atoms with E-state index < -0.39 is 24.8 Å². The average Bonchev–Trinajstić information content (AvgIpc) is 2.77. The number of fused-ring (bicyclic) bond motifs is 1. The highest BCUT2D eigenvalue weighted by atomic mass is 19.4. The lowest BCUT2D eigenvalue weighted by Gasteiger charge is -2.36. The minimum Gasteiger partial charge on any atom is -0.363 e. The quantitative estimate of drug-likeness (QED) is 0.494. The molecule has 0 amide bonds. The second kappa shape index (κ2) is 8.17. The number of hydrogen-bond acceptors (Lipinski definition) is 2. The number of nitriles is 1. The van der Waals surface area contributed by atoms with Gasteiger partial charge in [-0.2, -0.15) is 18.4 Å². The molecule has 1 aliphatic rings. The van der Waals surface area contributed by atoms with Gasteiger partial charge in [0, 0.05) is 5.92 Å². The van der Waals surface area contributed by atoms with Gasteiger partial charge in [0.25, 0.3) is 0 Å². The number of hydrogen-bond donors (Lipinski definition) is 0. The topological polar surface area (TPSA) is 33.0 Å². The Morgan fingerprint density at radius 3 is 2.07 bits per heavy atom. The molecule has 0 heterocycles. The minimum atomic E-state index is -4.46. The van der Waals surface area contributed by atoms with E-state index in [-0.39, 0.29) is 0 Å². The summed E-state index contributed by atoms with van der Waals surface area (Å²) in [6.45, 7) is -1.36. The number of halogens is 3. The molecule has 0 fully saturated rings. The molecule has 5 heteroatoms. The van der Waals surface area contributed by atoms with Crippen molar-refractivity contribution in [2.45, 2.75) is 18.2 Å². The number of ether oxygens (including phenoxy) is 1. The van der Waals surface area contributed by atoms with Crippen LogP contribution in [0.2, 0.25) is 0 Å². The van der Waals surface area contributed by atoms with E-state index in [1.54, 1.807) is 24.3 Å². The van der Waals surface area contributed by atoms with Gasteiger partial charge in [-0.15, -0.1) is 0 Å². The fourth-order valence-corrected chi connectivity index (χ4v) is 4.04. The second-order valence-corrected chi connectivity index (χ2v) is 7.09. The summed E-state index contributed by atoms with van der Waals surface area (Å²) < 4.78 is 44.8. The lowest BCUT2D eigenvalue weighted by atomic mass is 9.71. The molecule has 3 aromatic carbocycles. The molecule has 0 aliphatic heterocycles. The first-order chi connectivity index (χ1) is 14.5. The van der Waals surface area contributed by atoms with Crippen molar-refractivity contribution in [3.63, 3.8) is 0 Å². The van der Waals surface area contributed by atoms with E-state index >= 15 is 0 Å². The number of nitrogens with zero attached hydrogens (tertiary/aromatic N) is 1. The summed E-state index contributed by atoms with van der Waals surface area (Å²) in [5.41, 5.74) is 3.92. The van der Waals surface area contributed by atoms with Crippen LogP contribution in [0.15, 0.2) is 84.9 Å². The highest BCUT2D eigenvalue weighted by molar-refractivity contribution is 6.02. The molecule has 30 heavy (non-hydrogen) atoms. The van der Waals surface area contributed by atoms with Crippen LogP contribution in [-0.4, -0.2) is 12.8 Å². The van der Waals surface area contributed by atoms with E-state index in [2.05, 4.69) is 6.07 Å². The fourth-order valence-electron chi connectivity index (χ4n) is 4.04. The highest BCUT2D eigenvalue weighted by Crippen LogP contribution is 2.52. The van der Waals surface area contributed by atoms with Crippen LogP contribution < -0.4 is 0 Å². The van der Waals surface area contributed by atoms with Gasteiger partial charge in [0.2, 0.25) is 0 Å². The fraction of sp³-hybridized carbons (Fsp3) is 0.160. The molecule has 2 nitrogen and oxygen atoms in total. The molecule has 150 valence electrons. The maximum absolute atomic E-state index is 13.1. The van der Waals surface area contributed by atoms with Crippen LogP contribution in [0.4, 0.5) is 13.2 Å². The van der Waals surface area contributed by atoms with Gasteiger partial charge in [0.1, 0.15) is 12.7 Å². The largest absolute Gasteiger partial charge is 0.411 e. The van der Waals surface area contributed by atoms with E-state index in [0.717, 1.165) is 11.1 Å². The van der Waals surface area contributed by atoms with Crippen LogP contribution in [0.5, 0.6) is 0 Å². The van der Waals surface area contributed by atoms with E-state index in [1.165, 1.54) is 0 Å². The zero-order valence-electron chi connectivity index (χ0n) is 15.9. The molecule has 0 bridgehead atoms. The number of allylic oxidation sites excluding steroid dienone is 1. The Bertz CT molecular complexity index is 1100. The van der Waals surface area contributed by atoms with Crippen molar-refractivity contribution in [3.8, 4) is 6.07 Å². The van der Waals surface area contributed by atoms with Gasteiger partial charge in [-0.3, -0.25) is 0 Å². The molecule has 0 saturated heterocycles. The predicted octanol–water partition coefficient (Wildman–Crippen LogP) is 6.54. The van der Waals surface area contributed by atoms with E-state index in [4.69, 9.17) is 4.74 Å². The van der Waals surface area contributed by atoms with Crippen molar-refractivity contribution in [2.24, 2.45) is 0 Å². The smallest absolute Gasteiger partial charge is 0.363 e. The Kier molecular flexibility index (Phi) is 5.43. The van der Waals surface area contributed by atoms with Crippen molar-refractivity contribution in [2.75, 3.05) is 6.61 Å². The first-order valence-electron chi connectivity index (χ1n) is 9.52. The van der Waals surface area contributed by atoms with Crippen LogP contribution in [0, 0.1) is 11.3 Å². The molecule has 0 saturated carbocycles. The van der Waals surface area contributed by atoms with E-state index in [9.17, 15) is 18.4 Å². The van der Waals surface area contributed by atoms with Crippen LogP contribution in [0.3, 0.4) is 0 Å². The summed E-state index contributed by atoms with van der Waals surface area (Å²) in [4.78, 5) is 0. The Labute approximate surface area is 172 Å². The third kappa shape index (κ3) is 3.87. The molecule has 4 rings (SSSR count). The van der Waals surface area contributed by atoms with Gasteiger partial charge < -0.3 is 4.74 Å². The van der Waals surface area contributed by atoms with Crippen molar-refractivity contribution >= 4 is 11.1 Å². The number of alkyl halides is 3. The van der Waals surface area contributed by atoms with Crippen LogP contribution in [0.1, 0.15) is 34.3 Å². The summed E-state index contributed by atoms with van der Waals surface area (Å²) in [6, 6.07) is 27.9. The standard InChI is InChI=1S/C25H18F3NO/c26-25(27,28)16-30-24-20-14-8-7-13-19(20)21(15-29)22(17-9-3-1-4-10-17)23(24)18-11-5-2-6-12-18/h1-14,23-24H,16H2. The molecular weight excluding hydrogens is 387 g/mol. The van der Waals surface area contributed by atoms with E-state index in [0.29, 0.717) is 22.3 Å². The van der Waals surface area contributed by atoms with Crippen molar-refractivity contribution in [1.82, 2.24) is 0 Å². The number of rotatable bonds is 4. The molecular formula is C25H18F3NO. The van der Waals surface area contributed by atoms with Crippen LogP contribution in [0.25, 0.3) is 11.1 Å². The van der Waals surface area contributed by atoms with Crippen molar-refractivity contribution < 1.29 is 17.9 Å². The molecule has 0 aromatic heterocycles. The Balaban J connectivity index is 1.98. The van der Waals surface area contributed by atoms with Crippen LogP contribution in [-0.2, 0) is 4.74 Å². The molecule has 3 aromatic rings. The zero-order valence-corrected chi connectivity index (χ0v) is 15.9. The van der Waals surface area contributed by atoms with Crippen molar-refractivity contribution in [1.29, 1.82) is 5.26 Å². The molecule has 2 unspecified atom stereocenters. The van der Waals surface area contributed by atoms with Gasteiger partial charge in [-0.25, -0.2) is 0 Å². The summed E-state index contributed by atoms with van der Waals surface area (Å²) in [7, 11) is 0. The zero-order chi connectivity index (χ0) is 21.1. The predicted molar refractivity (Wildman–Crippen MR) is 109 cm³/mol. The summed E-state index contributed by atoms with van der Waals surface area (Å²) in [5.74, 6) is -0.555. The minimum absolute atomic E-state index is 0.456. The Hall–Kier alpha value is -3.36. The lowest BCUT2D eigenvalue weighted by molar-refractivity contribution is -0.187. The maximum atomic E-state index is 13.1. The monoisotopic (exact) mass is 405 g/mol. The Morgan fingerprint density at radius 2 is 1.43 bits per heavy atom. The SMILES string of the molecule is N#CC1=C(c2ccccc2)C(c2ccccc2)C(OCC(F)(F)F)c2ccccc21. The van der Waals surface area contributed by atoms with E-state index in [1.807, 2.05) is 60.7 Å². The molecule has 0 radical (unpaired) electrons. The van der Waals surface area contributed by atoms with Gasteiger partial charge >= 0.3 is 6.18 Å². The summed E-state index contributed by atoms with van der Waals surface area (Å²) in [5, 5.41) is 10.1. The molecule has 0 spiro atoms. The molecule has 1 aliphatic carbocycles. The first kappa shape index (κ1) is 19.9. The van der Waals surface area contributed by atoms with Crippen molar-refractivity contribution in [3.05, 3.63) is 107 Å². The first-order valence-corrected chi connectivity index (χ1v) is 9.52. The van der Waals surface area contributed by atoms with Gasteiger partial charge in [0.05, 0.1) is 11.7 Å². The maximum Gasteiger partial charge on any atom is 0.411 e. The lowest BCUT2D eigenvalue weighted by Crippen LogP contribution is -2.27. The normalized spacial score (nSPS) is 18.6. The third-order valence-corrected chi connectivity index (χ3v) is 5.20. The Morgan fingerprint density at radius 1 is 0.833 bits per heavy atom. The van der Waals surface area contributed by atoms with Gasteiger partial charge in [0.15, 0.2) is 0 Å². The summed E-state index contributed by atoms with van der Waals surface area (Å²) >= 11 is 0. The van der Waals surface area contributed by atoms with Crippen LogP contribution >= 0.6 is 0 Å². The average molecular weight is 405 g/mol. The van der Waals surface area contributed by atoms with Gasteiger partial charge in [-0.05, 0) is 27.8 Å². The third-order valence-electron chi connectivity index (χ3n) is 5.20. The second-order valence-electron chi connectivity index (χ2n) is 7.09. The van der Waals surface area contributed by atoms with Gasteiger partial charge in [-0.1, -0.05) is 84.9 Å². The number of benzene rings is 3. The highest BCUT2D eigenvalue weighted by Gasteiger charge is 2.40. The molecule has 2 atom stereocenters.